The minimum absolute atomic E-state index is 0.125. The third-order valence-corrected chi connectivity index (χ3v) is 6.11. The molecule has 0 spiro atoms. The van der Waals surface area contributed by atoms with Crippen LogP contribution in [-0.4, -0.2) is 29.0 Å². The zero-order valence-corrected chi connectivity index (χ0v) is 19.9. The Labute approximate surface area is 212 Å². The maximum absolute atomic E-state index is 13.2. The SMILES string of the molecule is O=C1NC(=O)N(c2ccc(Cl)cc2)C(=O)C1=Cc1cn(CCCOc2ccccc2)c2ccccc12. The maximum Gasteiger partial charge on any atom is 0.335 e. The Morgan fingerprint density at radius 3 is 2.39 bits per heavy atom. The number of amides is 4. The Morgan fingerprint density at radius 1 is 0.889 bits per heavy atom. The van der Waals surface area contributed by atoms with Crippen LogP contribution in [0.15, 0.2) is 90.6 Å². The molecule has 4 aromatic rings. The van der Waals surface area contributed by atoms with E-state index in [-0.39, 0.29) is 5.57 Å². The molecule has 0 radical (unpaired) electrons. The quantitative estimate of drug-likeness (QED) is 0.209. The van der Waals surface area contributed by atoms with Gasteiger partial charge in [0.15, 0.2) is 0 Å². The molecule has 1 aliphatic heterocycles. The molecule has 0 aliphatic carbocycles. The highest BCUT2D eigenvalue weighted by Crippen LogP contribution is 2.27. The van der Waals surface area contributed by atoms with Gasteiger partial charge in [0, 0.05) is 34.2 Å². The van der Waals surface area contributed by atoms with Gasteiger partial charge in [-0.15, -0.1) is 0 Å². The zero-order chi connectivity index (χ0) is 25.1. The Balaban J connectivity index is 1.41. The second kappa shape index (κ2) is 10.1. The molecule has 1 aliphatic rings. The van der Waals surface area contributed by atoms with Gasteiger partial charge in [0.2, 0.25) is 0 Å². The monoisotopic (exact) mass is 499 g/mol. The Bertz CT molecular complexity index is 1480. The maximum atomic E-state index is 13.2. The van der Waals surface area contributed by atoms with Crippen molar-refractivity contribution in [1.82, 2.24) is 9.88 Å². The van der Waals surface area contributed by atoms with Crippen LogP contribution < -0.4 is 15.0 Å². The standard InChI is InChI=1S/C28H22ClN3O4/c29-20-11-13-21(14-12-20)32-27(34)24(26(33)30-28(32)35)17-19-18-31(25-10-5-4-9-23(19)25)15-6-16-36-22-7-2-1-3-8-22/h1-5,7-14,17-18H,6,15-16H2,(H,30,33,35). The third kappa shape index (κ3) is 4.74. The highest BCUT2D eigenvalue weighted by molar-refractivity contribution is 6.39. The van der Waals surface area contributed by atoms with Crippen LogP contribution in [0.5, 0.6) is 5.75 Å². The van der Waals surface area contributed by atoms with Gasteiger partial charge in [0.25, 0.3) is 11.8 Å². The summed E-state index contributed by atoms with van der Waals surface area (Å²) in [4.78, 5) is 39.3. The lowest BCUT2D eigenvalue weighted by Crippen LogP contribution is -2.54. The summed E-state index contributed by atoms with van der Waals surface area (Å²) in [6.45, 7) is 1.23. The fourth-order valence-corrected chi connectivity index (χ4v) is 4.28. The van der Waals surface area contributed by atoms with Crippen molar-refractivity contribution in [3.8, 4) is 5.75 Å². The first-order valence-corrected chi connectivity index (χ1v) is 11.8. The van der Waals surface area contributed by atoms with Crippen LogP contribution in [0.3, 0.4) is 0 Å². The number of urea groups is 1. The van der Waals surface area contributed by atoms with Crippen LogP contribution in [0.1, 0.15) is 12.0 Å². The van der Waals surface area contributed by atoms with E-state index < -0.39 is 17.8 Å². The smallest absolute Gasteiger partial charge is 0.335 e. The lowest BCUT2D eigenvalue weighted by molar-refractivity contribution is -0.122. The van der Waals surface area contributed by atoms with Crippen molar-refractivity contribution >= 4 is 52.1 Å². The number of imide groups is 2. The van der Waals surface area contributed by atoms with Crippen LogP contribution in [0.2, 0.25) is 5.02 Å². The first-order chi connectivity index (χ1) is 17.5. The highest BCUT2D eigenvalue weighted by Gasteiger charge is 2.37. The molecule has 8 heteroatoms. The first-order valence-electron chi connectivity index (χ1n) is 11.4. The number of carbonyl (C=O) groups excluding carboxylic acids is 3. The summed E-state index contributed by atoms with van der Waals surface area (Å²) in [5, 5.41) is 3.62. The fourth-order valence-electron chi connectivity index (χ4n) is 4.15. The topological polar surface area (TPSA) is 80.6 Å². The van der Waals surface area contributed by atoms with Crippen LogP contribution >= 0.6 is 11.6 Å². The van der Waals surface area contributed by atoms with Crippen LogP contribution in [0.4, 0.5) is 10.5 Å². The number of hydrogen-bond acceptors (Lipinski definition) is 4. The van der Waals surface area contributed by atoms with Gasteiger partial charge in [0.05, 0.1) is 12.3 Å². The molecule has 3 aromatic carbocycles. The number of barbiturate groups is 1. The number of rotatable bonds is 7. The molecule has 1 saturated heterocycles. The van der Waals surface area contributed by atoms with E-state index in [1.807, 2.05) is 60.8 Å². The minimum atomic E-state index is -0.801. The number of benzene rings is 3. The lowest BCUT2D eigenvalue weighted by atomic mass is 10.1. The summed E-state index contributed by atoms with van der Waals surface area (Å²) >= 11 is 5.94. The van der Waals surface area contributed by atoms with Crippen molar-refractivity contribution in [2.75, 3.05) is 11.5 Å². The molecule has 1 N–H and O–H groups in total. The van der Waals surface area contributed by atoms with E-state index in [1.165, 1.54) is 6.08 Å². The van der Waals surface area contributed by atoms with Gasteiger partial charge in [-0.25, -0.2) is 9.69 Å². The van der Waals surface area contributed by atoms with Gasteiger partial charge in [0.1, 0.15) is 11.3 Å². The number of aryl methyl sites for hydroxylation is 1. The molecule has 0 atom stereocenters. The number of carbonyl (C=O) groups is 3. The summed E-state index contributed by atoms with van der Waals surface area (Å²) < 4.78 is 7.87. The number of anilines is 1. The van der Waals surface area contributed by atoms with Gasteiger partial charge >= 0.3 is 6.03 Å². The fraction of sp³-hybridized carbons (Fsp3) is 0.107. The van der Waals surface area contributed by atoms with Crippen molar-refractivity contribution in [3.05, 3.63) is 101 Å². The van der Waals surface area contributed by atoms with E-state index in [1.54, 1.807) is 24.3 Å². The second-order valence-corrected chi connectivity index (χ2v) is 8.68. The van der Waals surface area contributed by atoms with E-state index in [2.05, 4.69) is 9.88 Å². The molecule has 0 saturated carbocycles. The number of fused-ring (bicyclic) bond motifs is 1. The molecule has 1 aromatic heterocycles. The van der Waals surface area contributed by atoms with E-state index in [4.69, 9.17) is 16.3 Å². The van der Waals surface area contributed by atoms with E-state index >= 15 is 0 Å². The van der Waals surface area contributed by atoms with Crippen molar-refractivity contribution in [2.45, 2.75) is 13.0 Å². The van der Waals surface area contributed by atoms with Crippen LogP contribution in [0.25, 0.3) is 17.0 Å². The second-order valence-electron chi connectivity index (χ2n) is 8.24. The molecule has 4 amide bonds. The first kappa shape index (κ1) is 23.4. The summed E-state index contributed by atoms with van der Waals surface area (Å²) in [6.07, 6.45) is 4.21. The molecule has 5 rings (SSSR count). The molecule has 180 valence electrons. The predicted octanol–water partition coefficient (Wildman–Crippen LogP) is 5.43. The molecule has 7 nitrogen and oxygen atoms in total. The number of aromatic nitrogens is 1. The highest BCUT2D eigenvalue weighted by atomic mass is 35.5. The number of nitrogens with zero attached hydrogens (tertiary/aromatic N) is 2. The normalized spacial score (nSPS) is 15.0. The van der Waals surface area contributed by atoms with E-state index in [0.29, 0.717) is 29.4 Å². The van der Waals surface area contributed by atoms with Gasteiger partial charge in [-0.1, -0.05) is 48.0 Å². The van der Waals surface area contributed by atoms with Crippen LogP contribution in [0, 0.1) is 0 Å². The Kier molecular flexibility index (Phi) is 6.56. The van der Waals surface area contributed by atoms with Crippen molar-refractivity contribution < 1.29 is 19.1 Å². The summed E-state index contributed by atoms with van der Waals surface area (Å²) in [6, 6.07) is 22.9. The number of nitrogens with one attached hydrogen (secondary N) is 1. The molecular weight excluding hydrogens is 478 g/mol. The van der Waals surface area contributed by atoms with Crippen molar-refractivity contribution in [1.29, 1.82) is 0 Å². The van der Waals surface area contributed by atoms with Gasteiger partial charge < -0.3 is 9.30 Å². The molecule has 0 unspecified atom stereocenters. The predicted molar refractivity (Wildman–Crippen MR) is 139 cm³/mol. The minimum Gasteiger partial charge on any atom is -0.494 e. The average molecular weight is 500 g/mol. The van der Waals surface area contributed by atoms with E-state index in [0.717, 1.165) is 28.0 Å². The lowest BCUT2D eigenvalue weighted by Gasteiger charge is -2.26. The van der Waals surface area contributed by atoms with Crippen LogP contribution in [-0.2, 0) is 16.1 Å². The molecule has 0 bridgehead atoms. The van der Waals surface area contributed by atoms with Gasteiger partial charge in [-0.05, 0) is 55.0 Å². The Hall–Kier alpha value is -4.36. The average Bonchev–Trinajstić information content (AvgIpc) is 3.23. The molecule has 1 fully saturated rings. The zero-order valence-electron chi connectivity index (χ0n) is 19.2. The third-order valence-electron chi connectivity index (χ3n) is 5.86. The van der Waals surface area contributed by atoms with Crippen molar-refractivity contribution in [2.24, 2.45) is 0 Å². The number of hydrogen-bond donors (Lipinski definition) is 1. The van der Waals surface area contributed by atoms with Gasteiger partial charge in [-0.3, -0.25) is 14.9 Å². The largest absolute Gasteiger partial charge is 0.494 e. The summed E-state index contributed by atoms with van der Waals surface area (Å²) in [7, 11) is 0. The van der Waals surface area contributed by atoms with Crippen molar-refractivity contribution in [3.63, 3.8) is 0 Å². The molecule has 36 heavy (non-hydrogen) atoms. The summed E-state index contributed by atoms with van der Waals surface area (Å²) in [5.41, 5.74) is 1.87. The summed E-state index contributed by atoms with van der Waals surface area (Å²) in [5.74, 6) is -0.607. The Morgan fingerprint density at radius 2 is 1.61 bits per heavy atom. The van der Waals surface area contributed by atoms with E-state index in [9.17, 15) is 14.4 Å². The number of para-hydroxylation sites is 2. The number of halogens is 1. The molecule has 2 heterocycles. The van der Waals surface area contributed by atoms with Gasteiger partial charge in [-0.2, -0.15) is 0 Å². The number of ether oxygens (including phenoxy) is 1. The molecular formula is C28H22ClN3O4.